The van der Waals surface area contributed by atoms with Gasteiger partial charge in [0.2, 0.25) is 11.7 Å². The molecule has 2 aromatic rings. The highest BCUT2D eigenvalue weighted by molar-refractivity contribution is 6.07. The van der Waals surface area contributed by atoms with Crippen LogP contribution in [0.3, 0.4) is 0 Å². The number of rotatable bonds is 4. The molecule has 1 unspecified atom stereocenters. The first-order valence-electron chi connectivity index (χ1n) is 10.4. The van der Waals surface area contributed by atoms with Crippen LogP contribution >= 0.6 is 0 Å². The fourth-order valence-electron chi connectivity index (χ4n) is 4.70. The van der Waals surface area contributed by atoms with Gasteiger partial charge in [-0.3, -0.25) is 14.5 Å². The molecule has 4 rings (SSSR count). The largest absolute Gasteiger partial charge is 0.502 e. The number of carbonyl (C=O) groups excluding carboxylic acids is 2. The molecule has 7 heteroatoms. The molecule has 6 nitrogen and oxygen atoms in total. The molecular weight excluding hydrogens is 413 g/mol. The van der Waals surface area contributed by atoms with Crippen molar-refractivity contribution in [1.29, 1.82) is 0 Å². The Morgan fingerprint density at radius 3 is 2.19 bits per heavy atom. The topological polar surface area (TPSA) is 76.1 Å². The predicted molar refractivity (Wildman–Crippen MR) is 118 cm³/mol. The number of ketones is 1. The van der Waals surface area contributed by atoms with Crippen LogP contribution in [0.4, 0.5) is 10.1 Å². The summed E-state index contributed by atoms with van der Waals surface area (Å²) in [7, 11) is 2.86. The van der Waals surface area contributed by atoms with Crippen molar-refractivity contribution in [1.82, 2.24) is 0 Å². The first-order chi connectivity index (χ1) is 15.1. The number of hydrogen-bond acceptors (Lipinski definition) is 5. The Balaban J connectivity index is 1.91. The number of amides is 1. The van der Waals surface area contributed by atoms with Gasteiger partial charge in [-0.15, -0.1) is 0 Å². The third-order valence-electron chi connectivity index (χ3n) is 6.13. The normalized spacial score (nSPS) is 20.3. The number of anilines is 1. The van der Waals surface area contributed by atoms with E-state index in [2.05, 4.69) is 0 Å². The second-order valence-corrected chi connectivity index (χ2v) is 9.04. The Kier molecular flexibility index (Phi) is 5.44. The molecule has 0 fully saturated rings. The minimum absolute atomic E-state index is 0.0214. The smallest absolute Gasteiger partial charge is 0.232 e. The van der Waals surface area contributed by atoms with Gasteiger partial charge in [-0.2, -0.15) is 0 Å². The molecule has 0 aromatic heterocycles. The molecule has 168 valence electrons. The molecule has 0 saturated carbocycles. The second-order valence-electron chi connectivity index (χ2n) is 9.04. The number of phenols is 1. The Morgan fingerprint density at radius 2 is 1.62 bits per heavy atom. The molecule has 1 N–H and O–H groups in total. The van der Waals surface area contributed by atoms with Gasteiger partial charge in [0.05, 0.1) is 14.2 Å². The Labute approximate surface area is 186 Å². The monoisotopic (exact) mass is 439 g/mol. The van der Waals surface area contributed by atoms with Gasteiger partial charge >= 0.3 is 0 Å². The molecule has 1 atom stereocenters. The van der Waals surface area contributed by atoms with E-state index in [-0.39, 0.29) is 40.8 Å². The van der Waals surface area contributed by atoms with Crippen LogP contribution in [0, 0.1) is 11.2 Å². The predicted octanol–water partition coefficient (Wildman–Crippen LogP) is 4.71. The Hall–Kier alpha value is -3.35. The quantitative estimate of drug-likeness (QED) is 0.747. The fraction of sp³-hybridized carbons (Fsp3) is 0.360. The Bertz CT molecular complexity index is 1090. The number of phenolic OH excluding ortho intramolecular Hbond substituents is 1. The summed E-state index contributed by atoms with van der Waals surface area (Å²) in [6.45, 7) is 4.00. The summed E-state index contributed by atoms with van der Waals surface area (Å²) < 4.78 is 24.1. The molecule has 2 aliphatic rings. The summed E-state index contributed by atoms with van der Waals surface area (Å²) in [6.07, 6.45) is 0.944. The van der Waals surface area contributed by atoms with Crippen LogP contribution < -0.4 is 14.4 Å². The van der Waals surface area contributed by atoms with E-state index in [9.17, 15) is 19.1 Å². The van der Waals surface area contributed by atoms with Gasteiger partial charge in [0, 0.05) is 35.7 Å². The SMILES string of the molecule is COc1cc(C2CC(=O)N(c3ccc(F)cc3)C3=C2C(=O)CC(C)(C)C3)cc(OC)c1O. The minimum atomic E-state index is -0.499. The van der Waals surface area contributed by atoms with Gasteiger partial charge in [-0.05, 0) is 53.8 Å². The number of ether oxygens (including phenoxy) is 2. The van der Waals surface area contributed by atoms with E-state index in [0.717, 1.165) is 0 Å². The van der Waals surface area contributed by atoms with Crippen LogP contribution in [0.15, 0.2) is 47.7 Å². The lowest BCUT2D eigenvalue weighted by Crippen LogP contribution is -2.43. The van der Waals surface area contributed by atoms with Gasteiger partial charge in [0.15, 0.2) is 17.3 Å². The van der Waals surface area contributed by atoms with Crippen molar-refractivity contribution in [3.8, 4) is 17.2 Å². The lowest BCUT2D eigenvalue weighted by Gasteiger charge is -2.43. The van der Waals surface area contributed by atoms with Gasteiger partial charge in [0.25, 0.3) is 0 Å². The van der Waals surface area contributed by atoms with Gasteiger partial charge in [0.1, 0.15) is 5.82 Å². The number of Topliss-reactive ketones (excluding diaryl/α,β-unsaturated/α-hetero) is 1. The number of allylic oxidation sites excluding steroid dienone is 2. The zero-order valence-electron chi connectivity index (χ0n) is 18.6. The number of carbonyl (C=O) groups is 2. The molecule has 0 radical (unpaired) electrons. The average Bonchev–Trinajstić information content (AvgIpc) is 2.73. The zero-order valence-corrected chi connectivity index (χ0v) is 18.6. The highest BCUT2D eigenvalue weighted by Gasteiger charge is 2.44. The van der Waals surface area contributed by atoms with E-state index in [1.807, 2.05) is 13.8 Å². The third-order valence-corrected chi connectivity index (χ3v) is 6.13. The maximum absolute atomic E-state index is 13.5. The summed E-state index contributed by atoms with van der Waals surface area (Å²) >= 11 is 0. The lowest BCUT2D eigenvalue weighted by atomic mass is 9.69. The average molecular weight is 439 g/mol. The van der Waals surface area contributed by atoms with Crippen LogP contribution in [-0.4, -0.2) is 31.0 Å². The van der Waals surface area contributed by atoms with Crippen molar-refractivity contribution in [3.05, 3.63) is 59.0 Å². The van der Waals surface area contributed by atoms with E-state index >= 15 is 0 Å². The minimum Gasteiger partial charge on any atom is -0.502 e. The molecule has 0 saturated heterocycles. The van der Waals surface area contributed by atoms with E-state index in [0.29, 0.717) is 35.4 Å². The molecule has 0 bridgehead atoms. The van der Waals surface area contributed by atoms with E-state index in [4.69, 9.17) is 9.47 Å². The summed E-state index contributed by atoms with van der Waals surface area (Å²) in [4.78, 5) is 28.3. The summed E-state index contributed by atoms with van der Waals surface area (Å²) in [5, 5.41) is 10.3. The van der Waals surface area contributed by atoms with Crippen molar-refractivity contribution in [2.75, 3.05) is 19.1 Å². The summed E-state index contributed by atoms with van der Waals surface area (Å²) in [5.41, 5.74) is 2.09. The van der Waals surface area contributed by atoms with Crippen LogP contribution in [0.5, 0.6) is 17.2 Å². The molecule has 32 heavy (non-hydrogen) atoms. The molecule has 2 aromatic carbocycles. The summed E-state index contributed by atoms with van der Waals surface area (Å²) in [5.74, 6) is -0.824. The van der Waals surface area contributed by atoms with Crippen LogP contribution in [-0.2, 0) is 9.59 Å². The highest BCUT2D eigenvalue weighted by atomic mass is 19.1. The van der Waals surface area contributed by atoms with Crippen molar-refractivity contribution in [2.24, 2.45) is 5.41 Å². The number of nitrogens with zero attached hydrogens (tertiary/aromatic N) is 1. The Morgan fingerprint density at radius 1 is 1.03 bits per heavy atom. The molecular formula is C25H26FNO5. The third kappa shape index (κ3) is 3.72. The lowest BCUT2D eigenvalue weighted by molar-refractivity contribution is -0.121. The van der Waals surface area contributed by atoms with Crippen molar-refractivity contribution in [2.45, 2.75) is 39.0 Å². The van der Waals surface area contributed by atoms with E-state index in [1.165, 1.54) is 26.4 Å². The maximum atomic E-state index is 13.5. The molecule has 1 aliphatic carbocycles. The van der Waals surface area contributed by atoms with Crippen LogP contribution in [0.25, 0.3) is 0 Å². The first-order valence-corrected chi connectivity index (χ1v) is 10.4. The first kappa shape index (κ1) is 21.9. The second kappa shape index (κ2) is 7.97. The standard InChI is InChI=1S/C25H26FNO5/c1-25(2)12-18-23(19(28)13-25)17(14-9-20(31-3)24(30)21(10-14)32-4)11-22(29)27(18)16-7-5-15(26)6-8-16/h5-10,17,30H,11-13H2,1-4H3. The van der Waals surface area contributed by atoms with E-state index in [1.54, 1.807) is 29.2 Å². The van der Waals surface area contributed by atoms with Crippen molar-refractivity contribution < 1.29 is 28.6 Å². The number of halogens is 1. The van der Waals surface area contributed by atoms with E-state index < -0.39 is 11.7 Å². The molecule has 1 amide bonds. The van der Waals surface area contributed by atoms with Crippen LogP contribution in [0.1, 0.15) is 44.6 Å². The number of aromatic hydroxyl groups is 1. The maximum Gasteiger partial charge on any atom is 0.232 e. The highest BCUT2D eigenvalue weighted by Crippen LogP contribution is 2.50. The number of benzene rings is 2. The van der Waals surface area contributed by atoms with Crippen molar-refractivity contribution >= 4 is 17.4 Å². The molecule has 1 aliphatic heterocycles. The number of hydrogen-bond donors (Lipinski definition) is 1. The van der Waals surface area contributed by atoms with Crippen LogP contribution in [0.2, 0.25) is 0 Å². The summed E-state index contributed by atoms with van der Waals surface area (Å²) in [6, 6.07) is 9.00. The molecule has 0 spiro atoms. The van der Waals surface area contributed by atoms with Gasteiger partial charge < -0.3 is 14.6 Å². The van der Waals surface area contributed by atoms with Gasteiger partial charge in [-0.1, -0.05) is 13.8 Å². The zero-order chi connectivity index (χ0) is 23.2. The van der Waals surface area contributed by atoms with Gasteiger partial charge in [-0.25, -0.2) is 4.39 Å². The van der Waals surface area contributed by atoms with Crippen molar-refractivity contribution in [3.63, 3.8) is 0 Å². The number of methoxy groups -OCH3 is 2. The molecule has 1 heterocycles. The fourth-order valence-corrected chi connectivity index (χ4v) is 4.70.